The van der Waals surface area contributed by atoms with Gasteiger partial charge in [0.25, 0.3) is 0 Å². The van der Waals surface area contributed by atoms with Gasteiger partial charge in [0, 0.05) is 35.6 Å². The fourth-order valence-electron chi connectivity index (χ4n) is 8.27. The molecule has 5 atom stereocenters. The summed E-state index contributed by atoms with van der Waals surface area (Å²) < 4.78 is 41.0. The third kappa shape index (κ3) is 1.36. The molecule has 4 heteroatoms. The van der Waals surface area contributed by atoms with Crippen molar-refractivity contribution in [3.63, 3.8) is 0 Å². The van der Waals surface area contributed by atoms with Crippen molar-refractivity contribution in [2.24, 2.45) is 0 Å². The van der Waals surface area contributed by atoms with Crippen LogP contribution in [0.4, 0.5) is 13.2 Å². The van der Waals surface area contributed by atoms with Gasteiger partial charge in [-0.1, -0.05) is 66.7 Å². The largest absolute Gasteiger partial charge is 0.416 e. The van der Waals surface area contributed by atoms with Crippen molar-refractivity contribution in [2.75, 3.05) is 0 Å². The molecule has 0 amide bonds. The van der Waals surface area contributed by atoms with E-state index in [0.717, 1.165) is 10.0 Å². The molecule has 0 aliphatic carbocycles. The predicted octanol–water partition coefficient (Wildman–Crippen LogP) is 5.86. The highest BCUT2D eigenvalue weighted by molar-refractivity contribution is 5.67. The molecule has 0 aromatic heterocycles. The maximum absolute atomic E-state index is 13.3. The number of halogens is 3. The van der Waals surface area contributed by atoms with Crippen LogP contribution in [0.25, 0.3) is 0 Å². The Bertz CT molecular complexity index is 1280. The molecule has 7 rings (SSSR count). The van der Waals surface area contributed by atoms with Gasteiger partial charge in [-0.3, -0.25) is 4.48 Å². The summed E-state index contributed by atoms with van der Waals surface area (Å²) in [4.78, 5) is 0. The lowest BCUT2D eigenvalue weighted by molar-refractivity contribution is -0.832. The zero-order chi connectivity index (χ0) is 20.7. The summed E-state index contributed by atoms with van der Waals surface area (Å²) >= 11 is 0. The molecule has 4 heterocycles. The van der Waals surface area contributed by atoms with Crippen molar-refractivity contribution in [2.45, 2.75) is 49.1 Å². The van der Waals surface area contributed by atoms with E-state index in [0.29, 0.717) is 12.5 Å². The first kappa shape index (κ1) is 17.1. The quantitative estimate of drug-likeness (QED) is 0.371. The van der Waals surface area contributed by atoms with Gasteiger partial charge in [0.1, 0.15) is 0 Å². The zero-order valence-electron chi connectivity index (χ0n) is 16.8. The summed E-state index contributed by atoms with van der Waals surface area (Å²) in [7, 11) is 0. The highest BCUT2D eigenvalue weighted by atomic mass is 19.4. The number of benzene rings is 3. The Kier molecular flexibility index (Phi) is 2.58. The van der Waals surface area contributed by atoms with E-state index in [1.165, 1.54) is 34.4 Å². The van der Waals surface area contributed by atoms with Crippen LogP contribution in [0.3, 0.4) is 0 Å². The normalized spacial score (nSPS) is 38.5. The Balaban J connectivity index is 1.44. The lowest BCUT2D eigenvalue weighted by Gasteiger charge is -2.31. The van der Waals surface area contributed by atoms with Gasteiger partial charge >= 0.3 is 6.18 Å². The fourth-order valence-corrected chi connectivity index (χ4v) is 8.27. The summed E-state index contributed by atoms with van der Waals surface area (Å²) in [6, 6.07) is 23.8. The minimum Gasteiger partial charge on any atom is -0.270 e. The fraction of sp³-hybridized carbons (Fsp3) is 0.308. The molecule has 4 aliphatic rings. The number of hydrogen-bond donors (Lipinski definition) is 0. The van der Waals surface area contributed by atoms with E-state index < -0.39 is 11.7 Å². The van der Waals surface area contributed by atoms with Gasteiger partial charge in [-0.05, 0) is 18.6 Å². The smallest absolute Gasteiger partial charge is 0.270 e. The van der Waals surface area contributed by atoms with Crippen LogP contribution >= 0.6 is 0 Å². The van der Waals surface area contributed by atoms with Gasteiger partial charge in [0.2, 0.25) is 6.04 Å². The molecular formula is C26H21F3N+. The second kappa shape index (κ2) is 4.52. The summed E-state index contributed by atoms with van der Waals surface area (Å²) in [6.07, 6.45) is -3.66. The Labute approximate surface area is 173 Å². The highest BCUT2D eigenvalue weighted by Gasteiger charge is 3.15. The molecule has 30 heavy (non-hydrogen) atoms. The van der Waals surface area contributed by atoms with Crippen molar-refractivity contribution in [1.29, 1.82) is 0 Å². The molecule has 2 saturated heterocycles. The van der Waals surface area contributed by atoms with E-state index in [4.69, 9.17) is 0 Å². The van der Waals surface area contributed by atoms with E-state index in [1.54, 1.807) is 6.07 Å². The number of quaternary nitrogens is 1. The first-order chi connectivity index (χ1) is 14.3. The van der Waals surface area contributed by atoms with Gasteiger partial charge in [-0.2, -0.15) is 13.2 Å². The van der Waals surface area contributed by atoms with E-state index >= 15 is 0 Å². The van der Waals surface area contributed by atoms with E-state index in [2.05, 4.69) is 62.4 Å². The SMILES string of the molecule is CC12c3ccccc3[C@@]3(C)C4[C@@](Cc5cccc(C(F)(F)F)c5)(c5ccccc51)[N+]423. The molecule has 0 N–H and O–H groups in total. The first-order valence-corrected chi connectivity index (χ1v) is 10.5. The number of rotatable bonds is 2. The number of alkyl halides is 3. The Morgan fingerprint density at radius 1 is 0.800 bits per heavy atom. The van der Waals surface area contributed by atoms with E-state index in [1.807, 2.05) is 6.07 Å². The van der Waals surface area contributed by atoms with Crippen molar-refractivity contribution in [3.8, 4) is 0 Å². The van der Waals surface area contributed by atoms with Crippen molar-refractivity contribution < 1.29 is 17.7 Å². The lowest BCUT2D eigenvalue weighted by Crippen LogP contribution is -2.45. The summed E-state index contributed by atoms with van der Waals surface area (Å²) in [5, 5.41) is 0. The molecule has 0 saturated carbocycles. The minimum atomic E-state index is -4.31. The maximum Gasteiger partial charge on any atom is 0.416 e. The van der Waals surface area contributed by atoms with Crippen molar-refractivity contribution in [3.05, 3.63) is 106 Å². The predicted molar refractivity (Wildman–Crippen MR) is 108 cm³/mol. The van der Waals surface area contributed by atoms with Crippen LogP contribution in [0, 0.1) is 0 Å². The third-order valence-corrected chi connectivity index (χ3v) is 8.95. The van der Waals surface area contributed by atoms with Crippen LogP contribution in [-0.4, -0.2) is 10.5 Å². The molecule has 0 bridgehead atoms. The summed E-state index contributed by atoms with van der Waals surface area (Å²) in [5.74, 6) is 0. The van der Waals surface area contributed by atoms with Gasteiger partial charge in [0.05, 0.1) is 5.56 Å². The zero-order valence-corrected chi connectivity index (χ0v) is 16.8. The highest BCUT2D eigenvalue weighted by Crippen LogP contribution is 2.97. The van der Waals surface area contributed by atoms with Crippen LogP contribution in [0.15, 0.2) is 72.8 Å². The average Bonchev–Trinajstić information content (AvgIpc) is 3.53. The van der Waals surface area contributed by atoms with Crippen LogP contribution in [0.2, 0.25) is 0 Å². The van der Waals surface area contributed by atoms with Crippen LogP contribution in [-0.2, 0) is 29.2 Å². The van der Waals surface area contributed by atoms with Gasteiger partial charge in [-0.25, -0.2) is 0 Å². The van der Waals surface area contributed by atoms with Gasteiger partial charge in [0.15, 0.2) is 16.6 Å². The summed E-state index contributed by atoms with van der Waals surface area (Å²) in [5.41, 5.74) is 5.53. The average molecular weight is 404 g/mol. The van der Waals surface area contributed by atoms with Gasteiger partial charge < -0.3 is 0 Å². The molecule has 3 unspecified atom stereocenters. The van der Waals surface area contributed by atoms with Crippen LogP contribution in [0.5, 0.6) is 0 Å². The molecule has 3 aromatic rings. The van der Waals surface area contributed by atoms with E-state index in [-0.39, 0.29) is 16.6 Å². The van der Waals surface area contributed by atoms with Crippen LogP contribution < -0.4 is 0 Å². The second-order valence-corrected chi connectivity index (χ2v) is 9.74. The Hall–Kier alpha value is -2.59. The molecule has 4 aliphatic heterocycles. The topological polar surface area (TPSA) is 0 Å². The molecule has 0 radical (unpaired) electrons. The number of fused-ring (bicyclic) bond motifs is 8. The Morgan fingerprint density at radius 3 is 2.07 bits per heavy atom. The molecule has 3 aromatic carbocycles. The monoisotopic (exact) mass is 404 g/mol. The minimum absolute atomic E-state index is 0.0615. The molecule has 1 nitrogen and oxygen atoms in total. The molecule has 1 spiro atoms. The van der Waals surface area contributed by atoms with Crippen LogP contribution in [0.1, 0.15) is 47.2 Å². The van der Waals surface area contributed by atoms with Gasteiger partial charge in [-0.15, -0.1) is 0 Å². The van der Waals surface area contributed by atoms with Crippen molar-refractivity contribution in [1.82, 2.24) is 0 Å². The second-order valence-electron chi connectivity index (χ2n) is 9.74. The molecular weight excluding hydrogens is 383 g/mol. The van der Waals surface area contributed by atoms with E-state index in [9.17, 15) is 13.2 Å². The van der Waals surface area contributed by atoms with Crippen molar-refractivity contribution >= 4 is 0 Å². The standard InChI is InChI=1S/C26H21F3N/c1-23-18-10-3-4-11-19(18)24(2)22-25(30(22,23)24,21-13-6-5-12-20(21)23)15-16-8-7-9-17(14-16)26(27,28)29/h3-14,22H,15H2,1-2H3/q+1/t22?,23?,24-,25+,30?/m0/s1. The first-order valence-electron chi connectivity index (χ1n) is 10.5. The Morgan fingerprint density at radius 2 is 1.40 bits per heavy atom. The third-order valence-electron chi connectivity index (χ3n) is 8.95. The number of nitrogens with zero attached hydrogens (tertiary/aromatic N) is 1. The maximum atomic E-state index is 13.3. The lowest BCUT2D eigenvalue weighted by atomic mass is 9.72. The molecule has 150 valence electrons. The summed E-state index contributed by atoms with van der Waals surface area (Å²) in [6.45, 7) is 4.72. The molecule has 2 fully saturated rings. The number of hydrogen-bond acceptors (Lipinski definition) is 0.